The van der Waals surface area contributed by atoms with Crippen molar-refractivity contribution in [2.45, 2.75) is 26.9 Å². The lowest BCUT2D eigenvalue weighted by Gasteiger charge is -2.11. The molecule has 0 aliphatic heterocycles. The molecule has 2 aromatic heterocycles. The highest BCUT2D eigenvalue weighted by atomic mass is 79.9. The summed E-state index contributed by atoms with van der Waals surface area (Å²) in [5.41, 5.74) is 1.58. The molecule has 0 saturated heterocycles. The zero-order valence-corrected chi connectivity index (χ0v) is 12.4. The first-order valence-corrected chi connectivity index (χ1v) is 6.84. The van der Waals surface area contributed by atoms with E-state index >= 15 is 0 Å². The van der Waals surface area contributed by atoms with Crippen LogP contribution in [0, 0.1) is 5.92 Å². The van der Waals surface area contributed by atoms with Crippen LogP contribution in [0.15, 0.2) is 27.9 Å². The number of anilines is 1. The molecule has 2 heterocycles. The number of hydrogen-bond donors (Lipinski definition) is 2. The lowest BCUT2D eigenvalue weighted by Crippen LogP contribution is -2.26. The van der Waals surface area contributed by atoms with Gasteiger partial charge in [0, 0.05) is 24.8 Å². The highest BCUT2D eigenvalue weighted by Crippen LogP contribution is 2.17. The number of nitrogens with zero attached hydrogens (tertiary/aromatic N) is 3. The molecule has 2 N–H and O–H groups in total. The zero-order chi connectivity index (χ0) is 13.8. The first kappa shape index (κ1) is 13.8. The van der Waals surface area contributed by atoms with Gasteiger partial charge in [0.05, 0.1) is 18.1 Å². The maximum atomic E-state index is 12.1. The SMILES string of the molecule is CC(C)Cn1ncc(NCc2cn[nH]c2)c(Br)c1=O. The Morgan fingerprint density at radius 3 is 2.89 bits per heavy atom. The van der Waals surface area contributed by atoms with E-state index in [-0.39, 0.29) is 5.56 Å². The van der Waals surface area contributed by atoms with E-state index in [1.807, 2.05) is 13.8 Å². The smallest absolute Gasteiger partial charge is 0.283 e. The van der Waals surface area contributed by atoms with E-state index in [0.717, 1.165) is 5.56 Å². The molecule has 19 heavy (non-hydrogen) atoms. The summed E-state index contributed by atoms with van der Waals surface area (Å²) >= 11 is 3.33. The summed E-state index contributed by atoms with van der Waals surface area (Å²) < 4.78 is 1.98. The summed E-state index contributed by atoms with van der Waals surface area (Å²) in [4.78, 5) is 12.1. The minimum absolute atomic E-state index is 0.120. The van der Waals surface area contributed by atoms with Crippen LogP contribution in [0.2, 0.25) is 0 Å². The number of hydrogen-bond acceptors (Lipinski definition) is 4. The Hall–Kier alpha value is -1.63. The number of aromatic amines is 1. The lowest BCUT2D eigenvalue weighted by atomic mass is 10.2. The summed E-state index contributed by atoms with van der Waals surface area (Å²) in [5.74, 6) is 0.377. The number of nitrogens with one attached hydrogen (secondary N) is 2. The van der Waals surface area contributed by atoms with Gasteiger partial charge in [0.1, 0.15) is 4.47 Å². The molecule has 0 unspecified atom stereocenters. The van der Waals surface area contributed by atoms with Crippen LogP contribution in [0.3, 0.4) is 0 Å². The van der Waals surface area contributed by atoms with Crippen LogP contribution in [0.5, 0.6) is 0 Å². The van der Waals surface area contributed by atoms with Crippen molar-refractivity contribution in [2.75, 3.05) is 5.32 Å². The van der Waals surface area contributed by atoms with Gasteiger partial charge < -0.3 is 5.32 Å². The third kappa shape index (κ3) is 3.44. The standard InChI is InChI=1S/C12H16BrN5O/c1-8(2)7-18-12(19)11(13)10(6-17-18)14-3-9-4-15-16-5-9/h4-6,8,14H,3,7H2,1-2H3,(H,15,16). The fourth-order valence-electron chi connectivity index (χ4n) is 1.64. The van der Waals surface area contributed by atoms with Crippen molar-refractivity contribution >= 4 is 21.6 Å². The van der Waals surface area contributed by atoms with Crippen LogP contribution < -0.4 is 10.9 Å². The minimum atomic E-state index is -0.120. The van der Waals surface area contributed by atoms with E-state index in [2.05, 4.69) is 36.5 Å². The largest absolute Gasteiger partial charge is 0.378 e. The van der Waals surface area contributed by atoms with Gasteiger partial charge in [-0.05, 0) is 21.8 Å². The molecule has 0 radical (unpaired) electrons. The monoisotopic (exact) mass is 325 g/mol. The van der Waals surface area contributed by atoms with Gasteiger partial charge in [-0.25, -0.2) is 4.68 Å². The Bertz CT molecular complexity index is 591. The van der Waals surface area contributed by atoms with E-state index in [4.69, 9.17) is 0 Å². The summed E-state index contributed by atoms with van der Waals surface area (Å²) in [6.45, 7) is 5.30. The molecule has 0 saturated carbocycles. The molecule has 0 spiro atoms. The minimum Gasteiger partial charge on any atom is -0.378 e. The summed E-state index contributed by atoms with van der Waals surface area (Å²) in [6.07, 6.45) is 5.19. The van der Waals surface area contributed by atoms with E-state index < -0.39 is 0 Å². The van der Waals surface area contributed by atoms with Crippen molar-refractivity contribution in [1.82, 2.24) is 20.0 Å². The molecule has 102 valence electrons. The molecule has 0 bridgehead atoms. The molecular formula is C12H16BrN5O. The van der Waals surface area contributed by atoms with Crippen LogP contribution in [-0.4, -0.2) is 20.0 Å². The van der Waals surface area contributed by atoms with Crippen molar-refractivity contribution in [1.29, 1.82) is 0 Å². The number of aromatic nitrogens is 4. The fourth-order valence-corrected chi connectivity index (χ4v) is 2.08. The van der Waals surface area contributed by atoms with Crippen LogP contribution in [0.4, 0.5) is 5.69 Å². The molecule has 2 aromatic rings. The molecule has 0 atom stereocenters. The van der Waals surface area contributed by atoms with Gasteiger partial charge in [-0.15, -0.1) is 0 Å². The van der Waals surface area contributed by atoms with Gasteiger partial charge in [-0.3, -0.25) is 9.89 Å². The van der Waals surface area contributed by atoms with Crippen LogP contribution >= 0.6 is 15.9 Å². The van der Waals surface area contributed by atoms with Crippen LogP contribution in [-0.2, 0) is 13.1 Å². The summed E-state index contributed by atoms with van der Waals surface area (Å²) in [7, 11) is 0. The Kier molecular flexibility index (Phi) is 4.36. The van der Waals surface area contributed by atoms with Gasteiger partial charge >= 0.3 is 0 Å². The molecule has 6 nitrogen and oxygen atoms in total. The first-order valence-electron chi connectivity index (χ1n) is 6.05. The molecule has 7 heteroatoms. The zero-order valence-electron chi connectivity index (χ0n) is 10.9. The van der Waals surface area contributed by atoms with Gasteiger partial charge in [-0.1, -0.05) is 13.8 Å². The van der Waals surface area contributed by atoms with Crippen molar-refractivity contribution in [3.63, 3.8) is 0 Å². The predicted octanol–water partition coefficient (Wildman–Crippen LogP) is 2.00. The normalized spacial score (nSPS) is 10.9. The molecule has 0 fully saturated rings. The van der Waals surface area contributed by atoms with Crippen LogP contribution in [0.25, 0.3) is 0 Å². The fraction of sp³-hybridized carbons (Fsp3) is 0.417. The van der Waals surface area contributed by atoms with Gasteiger partial charge in [-0.2, -0.15) is 10.2 Å². The van der Waals surface area contributed by atoms with Crippen molar-refractivity contribution in [3.05, 3.63) is 39.0 Å². The maximum Gasteiger partial charge on any atom is 0.283 e. The van der Waals surface area contributed by atoms with Crippen molar-refractivity contribution < 1.29 is 0 Å². The van der Waals surface area contributed by atoms with Crippen LogP contribution in [0.1, 0.15) is 19.4 Å². The van der Waals surface area contributed by atoms with E-state index in [0.29, 0.717) is 29.2 Å². The topological polar surface area (TPSA) is 75.6 Å². The van der Waals surface area contributed by atoms with E-state index in [1.54, 1.807) is 18.6 Å². The van der Waals surface area contributed by atoms with E-state index in [9.17, 15) is 4.79 Å². The van der Waals surface area contributed by atoms with E-state index in [1.165, 1.54) is 4.68 Å². The molecule has 0 amide bonds. The maximum absolute atomic E-state index is 12.1. The van der Waals surface area contributed by atoms with Gasteiger partial charge in [0.2, 0.25) is 0 Å². The Labute approximate surface area is 119 Å². The molecule has 2 rings (SSSR count). The Morgan fingerprint density at radius 1 is 1.47 bits per heavy atom. The third-order valence-electron chi connectivity index (χ3n) is 2.56. The average molecular weight is 326 g/mol. The van der Waals surface area contributed by atoms with Gasteiger partial charge in [0.15, 0.2) is 0 Å². The van der Waals surface area contributed by atoms with Crippen molar-refractivity contribution in [3.8, 4) is 0 Å². The Balaban J connectivity index is 2.14. The first-order chi connectivity index (χ1) is 9.08. The second-order valence-electron chi connectivity index (χ2n) is 4.71. The molecule has 0 aromatic carbocycles. The molecule has 0 aliphatic rings. The lowest BCUT2D eigenvalue weighted by molar-refractivity contribution is 0.462. The second kappa shape index (κ2) is 6.01. The number of H-pyrrole nitrogens is 1. The number of halogens is 1. The van der Waals surface area contributed by atoms with Gasteiger partial charge in [0.25, 0.3) is 5.56 Å². The quantitative estimate of drug-likeness (QED) is 0.881. The second-order valence-corrected chi connectivity index (χ2v) is 5.51. The summed E-state index contributed by atoms with van der Waals surface area (Å²) in [6, 6.07) is 0. The summed E-state index contributed by atoms with van der Waals surface area (Å²) in [5, 5.41) is 13.9. The molecular weight excluding hydrogens is 310 g/mol. The Morgan fingerprint density at radius 2 is 2.26 bits per heavy atom. The van der Waals surface area contributed by atoms with Crippen molar-refractivity contribution in [2.24, 2.45) is 5.92 Å². The number of rotatable bonds is 5. The average Bonchev–Trinajstić information content (AvgIpc) is 2.87. The highest BCUT2D eigenvalue weighted by Gasteiger charge is 2.09. The predicted molar refractivity (Wildman–Crippen MR) is 76.9 cm³/mol. The highest BCUT2D eigenvalue weighted by molar-refractivity contribution is 9.10. The third-order valence-corrected chi connectivity index (χ3v) is 3.33. The molecule has 0 aliphatic carbocycles.